The monoisotopic (exact) mass is 249 g/mol. The van der Waals surface area contributed by atoms with Crippen LogP contribution < -0.4 is 10.6 Å². The summed E-state index contributed by atoms with van der Waals surface area (Å²) in [7, 11) is 0. The Labute approximate surface area is 109 Å². The third-order valence-electron chi connectivity index (χ3n) is 3.53. The number of pyridine rings is 1. The van der Waals surface area contributed by atoms with Crippen molar-refractivity contribution in [2.75, 3.05) is 18.1 Å². The van der Waals surface area contributed by atoms with Crippen molar-refractivity contribution in [3.63, 3.8) is 0 Å². The molecule has 2 heterocycles. The second-order valence-corrected chi connectivity index (χ2v) is 5.09. The fourth-order valence-corrected chi connectivity index (χ4v) is 2.34. The van der Waals surface area contributed by atoms with E-state index in [-0.39, 0.29) is 12.1 Å². The molecule has 1 aromatic heterocycles. The molecule has 3 atom stereocenters. The first kappa shape index (κ1) is 13.3. The molecule has 0 spiro atoms. The molecule has 0 aliphatic carbocycles. The maximum Gasteiger partial charge on any atom is 0.129 e. The molecule has 0 bridgehead atoms. The quantitative estimate of drug-likeness (QED) is 0.891. The van der Waals surface area contributed by atoms with Gasteiger partial charge < -0.3 is 15.4 Å². The van der Waals surface area contributed by atoms with Crippen LogP contribution in [0.25, 0.3) is 0 Å². The fourth-order valence-electron chi connectivity index (χ4n) is 2.34. The molecule has 2 N–H and O–H groups in total. The van der Waals surface area contributed by atoms with Crippen LogP contribution in [0.5, 0.6) is 0 Å². The highest BCUT2D eigenvalue weighted by Crippen LogP contribution is 2.23. The van der Waals surface area contributed by atoms with E-state index in [0.717, 1.165) is 31.0 Å². The van der Waals surface area contributed by atoms with Gasteiger partial charge in [0, 0.05) is 18.8 Å². The first-order valence-electron chi connectivity index (χ1n) is 6.71. The van der Waals surface area contributed by atoms with Crippen LogP contribution in [0.2, 0.25) is 0 Å². The predicted octanol–water partition coefficient (Wildman–Crippen LogP) is 2.10. The number of aromatic nitrogens is 1. The molecule has 4 heteroatoms. The number of nitrogens with two attached hydrogens (primary N) is 1. The van der Waals surface area contributed by atoms with Crippen LogP contribution in [0.3, 0.4) is 0 Å². The molecular weight excluding hydrogens is 226 g/mol. The van der Waals surface area contributed by atoms with Crippen molar-refractivity contribution in [3.05, 3.63) is 23.9 Å². The Morgan fingerprint density at radius 3 is 3.06 bits per heavy atom. The average molecular weight is 249 g/mol. The van der Waals surface area contributed by atoms with Gasteiger partial charge in [0.15, 0.2) is 0 Å². The first-order chi connectivity index (χ1) is 8.61. The SMILES string of the molecule is CCC1COC(C)CN1c1cc([C@@H](C)N)ccn1. The number of rotatable bonds is 3. The number of nitrogens with zero attached hydrogens (tertiary/aromatic N) is 2. The molecule has 1 fully saturated rings. The van der Waals surface area contributed by atoms with Crippen LogP contribution in [0.1, 0.15) is 38.8 Å². The van der Waals surface area contributed by atoms with Crippen molar-refractivity contribution < 1.29 is 4.74 Å². The van der Waals surface area contributed by atoms with Crippen molar-refractivity contribution in [2.24, 2.45) is 5.73 Å². The number of anilines is 1. The van der Waals surface area contributed by atoms with Gasteiger partial charge >= 0.3 is 0 Å². The molecule has 18 heavy (non-hydrogen) atoms. The maximum absolute atomic E-state index is 5.94. The Balaban J connectivity index is 2.24. The Kier molecular flexibility index (Phi) is 4.19. The van der Waals surface area contributed by atoms with Gasteiger partial charge in [-0.1, -0.05) is 6.92 Å². The highest BCUT2D eigenvalue weighted by atomic mass is 16.5. The van der Waals surface area contributed by atoms with Crippen LogP contribution in [-0.2, 0) is 4.74 Å². The lowest BCUT2D eigenvalue weighted by atomic mass is 10.1. The summed E-state index contributed by atoms with van der Waals surface area (Å²) in [5.41, 5.74) is 7.07. The lowest BCUT2D eigenvalue weighted by Gasteiger charge is -2.39. The van der Waals surface area contributed by atoms with Crippen molar-refractivity contribution in [1.82, 2.24) is 4.98 Å². The van der Waals surface area contributed by atoms with E-state index in [1.807, 2.05) is 19.2 Å². The van der Waals surface area contributed by atoms with Gasteiger partial charge in [0.05, 0.1) is 18.8 Å². The largest absolute Gasteiger partial charge is 0.375 e. The van der Waals surface area contributed by atoms with E-state index in [1.165, 1.54) is 0 Å². The maximum atomic E-state index is 5.94. The van der Waals surface area contributed by atoms with Gasteiger partial charge in [-0.15, -0.1) is 0 Å². The number of hydrogen-bond donors (Lipinski definition) is 1. The Morgan fingerprint density at radius 1 is 1.61 bits per heavy atom. The normalized spacial score (nSPS) is 26.1. The third-order valence-corrected chi connectivity index (χ3v) is 3.53. The van der Waals surface area contributed by atoms with Gasteiger partial charge in [0.2, 0.25) is 0 Å². The molecule has 1 saturated heterocycles. The minimum Gasteiger partial charge on any atom is -0.375 e. The molecule has 1 aliphatic heterocycles. The van der Waals surface area contributed by atoms with Gasteiger partial charge in [-0.25, -0.2) is 4.98 Å². The molecule has 2 rings (SSSR count). The minimum absolute atomic E-state index is 0.0466. The van der Waals surface area contributed by atoms with Gasteiger partial charge in [-0.3, -0.25) is 0 Å². The molecule has 0 radical (unpaired) electrons. The second-order valence-electron chi connectivity index (χ2n) is 5.09. The van der Waals surface area contributed by atoms with Crippen LogP contribution >= 0.6 is 0 Å². The van der Waals surface area contributed by atoms with E-state index in [2.05, 4.69) is 29.8 Å². The molecule has 100 valence electrons. The molecule has 0 aromatic carbocycles. The summed E-state index contributed by atoms with van der Waals surface area (Å²) in [4.78, 5) is 6.84. The summed E-state index contributed by atoms with van der Waals surface area (Å²) in [6.07, 6.45) is 3.17. The second kappa shape index (κ2) is 5.67. The zero-order valence-electron chi connectivity index (χ0n) is 11.5. The smallest absolute Gasteiger partial charge is 0.129 e. The summed E-state index contributed by atoms with van der Waals surface area (Å²) in [6.45, 7) is 7.97. The Hall–Kier alpha value is -1.13. The van der Waals surface area contributed by atoms with Crippen molar-refractivity contribution >= 4 is 5.82 Å². The van der Waals surface area contributed by atoms with Gasteiger partial charge in [0.25, 0.3) is 0 Å². The van der Waals surface area contributed by atoms with E-state index in [0.29, 0.717) is 6.04 Å². The fraction of sp³-hybridized carbons (Fsp3) is 0.643. The van der Waals surface area contributed by atoms with Gasteiger partial charge in [-0.05, 0) is 38.0 Å². The highest BCUT2D eigenvalue weighted by Gasteiger charge is 2.26. The molecule has 4 nitrogen and oxygen atoms in total. The highest BCUT2D eigenvalue weighted by molar-refractivity contribution is 5.43. The molecule has 1 aliphatic rings. The molecule has 1 aromatic rings. The summed E-state index contributed by atoms with van der Waals surface area (Å²) in [5.74, 6) is 1.02. The van der Waals surface area contributed by atoms with Gasteiger partial charge in [0.1, 0.15) is 5.82 Å². The first-order valence-corrected chi connectivity index (χ1v) is 6.71. The summed E-state index contributed by atoms with van der Waals surface area (Å²) >= 11 is 0. The van der Waals surface area contributed by atoms with Crippen LogP contribution in [0, 0.1) is 0 Å². The number of ether oxygens (including phenoxy) is 1. The number of morpholine rings is 1. The minimum atomic E-state index is 0.0466. The van der Waals surface area contributed by atoms with Crippen molar-refractivity contribution in [2.45, 2.75) is 45.4 Å². The lowest BCUT2D eigenvalue weighted by Crippen LogP contribution is -2.49. The van der Waals surface area contributed by atoms with Crippen LogP contribution in [0.15, 0.2) is 18.3 Å². The van der Waals surface area contributed by atoms with E-state index in [9.17, 15) is 0 Å². The predicted molar refractivity (Wildman–Crippen MR) is 73.7 cm³/mol. The van der Waals surface area contributed by atoms with E-state index in [1.54, 1.807) is 0 Å². The topological polar surface area (TPSA) is 51.4 Å². The van der Waals surface area contributed by atoms with Crippen molar-refractivity contribution in [1.29, 1.82) is 0 Å². The summed E-state index contributed by atoms with van der Waals surface area (Å²) < 4.78 is 5.72. The summed E-state index contributed by atoms with van der Waals surface area (Å²) in [6, 6.07) is 4.55. The zero-order valence-corrected chi connectivity index (χ0v) is 11.5. The van der Waals surface area contributed by atoms with E-state index >= 15 is 0 Å². The summed E-state index contributed by atoms with van der Waals surface area (Å²) in [5, 5.41) is 0. The van der Waals surface area contributed by atoms with Crippen LogP contribution in [-0.4, -0.2) is 30.3 Å². The molecule has 0 amide bonds. The van der Waals surface area contributed by atoms with Gasteiger partial charge in [-0.2, -0.15) is 0 Å². The molecule has 0 saturated carbocycles. The zero-order chi connectivity index (χ0) is 13.1. The Morgan fingerprint density at radius 2 is 2.39 bits per heavy atom. The Bertz CT molecular complexity index is 394. The molecule has 2 unspecified atom stereocenters. The lowest BCUT2D eigenvalue weighted by molar-refractivity contribution is 0.0296. The van der Waals surface area contributed by atoms with E-state index in [4.69, 9.17) is 10.5 Å². The van der Waals surface area contributed by atoms with Crippen molar-refractivity contribution in [3.8, 4) is 0 Å². The third kappa shape index (κ3) is 2.82. The number of hydrogen-bond acceptors (Lipinski definition) is 4. The average Bonchev–Trinajstić information content (AvgIpc) is 2.39. The van der Waals surface area contributed by atoms with E-state index < -0.39 is 0 Å². The molecular formula is C14H23N3O. The standard InChI is InChI=1S/C14H23N3O/c1-4-13-9-18-10(2)8-17(13)14-7-12(11(3)15)5-6-16-14/h5-7,10-11,13H,4,8-9,15H2,1-3H3/t10?,11-,13?/m1/s1. The van der Waals surface area contributed by atoms with Crippen LogP contribution in [0.4, 0.5) is 5.82 Å².